The number of carbonyl (C=O) groups excluding carboxylic acids is 1. The van der Waals surface area contributed by atoms with Crippen LogP contribution < -0.4 is 0 Å². The summed E-state index contributed by atoms with van der Waals surface area (Å²) in [4.78, 5) is 10.9. The first-order chi connectivity index (χ1) is 5.22. The minimum Gasteiger partial charge on any atom is -0.456 e. The van der Waals surface area contributed by atoms with E-state index in [0.29, 0.717) is 5.75 Å². The summed E-state index contributed by atoms with van der Waals surface area (Å²) in [5, 5.41) is 8.79. The third-order valence-corrected chi connectivity index (χ3v) is 2.21. The first-order valence-corrected chi connectivity index (χ1v) is 4.93. The van der Waals surface area contributed by atoms with Gasteiger partial charge in [0.25, 0.3) is 0 Å². The van der Waals surface area contributed by atoms with Crippen LogP contribution in [0, 0.1) is 0 Å². The summed E-state index contributed by atoms with van der Waals surface area (Å²) >= 11 is 1.43. The molecule has 0 bridgehead atoms. The van der Waals surface area contributed by atoms with E-state index in [1.807, 2.05) is 6.26 Å². The molecule has 0 spiro atoms. The van der Waals surface area contributed by atoms with Gasteiger partial charge in [0.05, 0.1) is 12.4 Å². The first kappa shape index (κ1) is 8.87. The van der Waals surface area contributed by atoms with E-state index < -0.39 is 5.60 Å². The average Bonchev–Trinajstić information content (AvgIpc) is 2.70. The van der Waals surface area contributed by atoms with Crippen molar-refractivity contribution in [1.82, 2.24) is 0 Å². The molecule has 0 aromatic rings. The molecule has 0 heterocycles. The van der Waals surface area contributed by atoms with Crippen LogP contribution in [0.15, 0.2) is 0 Å². The van der Waals surface area contributed by atoms with Crippen molar-refractivity contribution in [2.45, 2.75) is 18.4 Å². The molecule has 0 atom stereocenters. The molecule has 0 radical (unpaired) electrons. The van der Waals surface area contributed by atoms with Gasteiger partial charge in [-0.2, -0.15) is 11.8 Å². The average molecular weight is 176 g/mol. The lowest BCUT2D eigenvalue weighted by molar-refractivity contribution is -0.150. The van der Waals surface area contributed by atoms with E-state index in [1.165, 1.54) is 11.8 Å². The summed E-state index contributed by atoms with van der Waals surface area (Å²) in [7, 11) is 0. The molecule has 1 saturated carbocycles. The highest BCUT2D eigenvalue weighted by atomic mass is 32.2. The Morgan fingerprint density at radius 2 is 2.36 bits per heavy atom. The van der Waals surface area contributed by atoms with Gasteiger partial charge in [0.15, 0.2) is 0 Å². The topological polar surface area (TPSA) is 46.5 Å². The fourth-order valence-electron chi connectivity index (χ4n) is 0.821. The molecular weight excluding hydrogens is 164 g/mol. The Morgan fingerprint density at radius 3 is 2.73 bits per heavy atom. The van der Waals surface area contributed by atoms with Crippen molar-refractivity contribution < 1.29 is 14.6 Å². The van der Waals surface area contributed by atoms with Gasteiger partial charge >= 0.3 is 5.97 Å². The van der Waals surface area contributed by atoms with E-state index in [-0.39, 0.29) is 12.6 Å². The van der Waals surface area contributed by atoms with Crippen LogP contribution in [-0.4, -0.2) is 35.3 Å². The number of aliphatic hydroxyl groups excluding tert-OH is 1. The van der Waals surface area contributed by atoms with Crippen molar-refractivity contribution in [3.63, 3.8) is 0 Å². The van der Waals surface area contributed by atoms with Gasteiger partial charge in [-0.3, -0.25) is 4.79 Å². The van der Waals surface area contributed by atoms with Crippen molar-refractivity contribution in [3.05, 3.63) is 0 Å². The van der Waals surface area contributed by atoms with E-state index in [1.54, 1.807) is 0 Å². The lowest BCUT2D eigenvalue weighted by Crippen LogP contribution is -2.24. The van der Waals surface area contributed by atoms with E-state index in [2.05, 4.69) is 0 Å². The molecule has 4 heteroatoms. The smallest absolute Gasteiger partial charge is 0.316 e. The summed E-state index contributed by atoms with van der Waals surface area (Å²) in [6.07, 6.45) is 3.47. The zero-order chi connectivity index (χ0) is 8.32. The molecule has 0 unspecified atom stereocenters. The molecule has 0 aromatic heterocycles. The second-order valence-corrected chi connectivity index (χ2v) is 3.61. The van der Waals surface area contributed by atoms with E-state index in [4.69, 9.17) is 9.84 Å². The summed E-state index contributed by atoms with van der Waals surface area (Å²) in [5.74, 6) is 0.158. The van der Waals surface area contributed by atoms with Crippen LogP contribution in [0.1, 0.15) is 12.8 Å². The fraction of sp³-hybridized carbons (Fsp3) is 0.857. The molecule has 0 amide bonds. The van der Waals surface area contributed by atoms with Crippen LogP contribution >= 0.6 is 11.8 Å². The Morgan fingerprint density at radius 1 is 1.73 bits per heavy atom. The molecule has 0 aromatic carbocycles. The minimum atomic E-state index is -0.493. The molecule has 64 valence electrons. The zero-order valence-electron chi connectivity index (χ0n) is 6.50. The van der Waals surface area contributed by atoms with Gasteiger partial charge in [-0.1, -0.05) is 0 Å². The molecule has 3 nitrogen and oxygen atoms in total. The van der Waals surface area contributed by atoms with E-state index in [9.17, 15) is 4.79 Å². The molecule has 1 rings (SSSR count). The zero-order valence-corrected chi connectivity index (χ0v) is 7.32. The SMILES string of the molecule is CSCC(=O)OC1(CO)CC1. The van der Waals surface area contributed by atoms with Crippen molar-refractivity contribution in [3.8, 4) is 0 Å². The van der Waals surface area contributed by atoms with Gasteiger partial charge < -0.3 is 9.84 Å². The molecule has 11 heavy (non-hydrogen) atoms. The first-order valence-electron chi connectivity index (χ1n) is 3.54. The lowest BCUT2D eigenvalue weighted by atomic mass is 10.4. The number of hydrogen-bond acceptors (Lipinski definition) is 4. The second kappa shape index (κ2) is 3.45. The van der Waals surface area contributed by atoms with Crippen LogP contribution in [0.2, 0.25) is 0 Å². The maximum absolute atomic E-state index is 10.9. The van der Waals surface area contributed by atoms with Crippen LogP contribution in [0.5, 0.6) is 0 Å². The third kappa shape index (κ3) is 2.38. The number of ether oxygens (including phenoxy) is 1. The minimum absolute atomic E-state index is 0.0346. The number of hydrogen-bond donors (Lipinski definition) is 1. The number of aliphatic hydroxyl groups is 1. The van der Waals surface area contributed by atoms with Crippen LogP contribution in [0.3, 0.4) is 0 Å². The standard InChI is InChI=1S/C7H12O3S/c1-11-4-6(9)10-7(5-8)2-3-7/h8H,2-5H2,1H3. The monoisotopic (exact) mass is 176 g/mol. The number of thioether (sulfide) groups is 1. The normalized spacial score (nSPS) is 19.5. The molecule has 0 aliphatic heterocycles. The predicted molar refractivity (Wildman–Crippen MR) is 43.5 cm³/mol. The largest absolute Gasteiger partial charge is 0.456 e. The number of carbonyl (C=O) groups is 1. The van der Waals surface area contributed by atoms with Gasteiger partial charge in [0.1, 0.15) is 5.60 Å². The van der Waals surface area contributed by atoms with Crippen molar-refractivity contribution in [1.29, 1.82) is 0 Å². The lowest BCUT2D eigenvalue weighted by Gasteiger charge is -2.12. The maximum Gasteiger partial charge on any atom is 0.316 e. The Bertz CT molecular complexity index is 154. The third-order valence-electron chi connectivity index (χ3n) is 1.69. The quantitative estimate of drug-likeness (QED) is 0.630. The Hall–Kier alpha value is -0.220. The summed E-state index contributed by atoms with van der Waals surface area (Å²) in [6, 6.07) is 0. The van der Waals surface area contributed by atoms with Crippen molar-refractivity contribution in [2.75, 3.05) is 18.6 Å². The van der Waals surface area contributed by atoms with Crippen LogP contribution in [-0.2, 0) is 9.53 Å². The van der Waals surface area contributed by atoms with E-state index in [0.717, 1.165) is 12.8 Å². The van der Waals surface area contributed by atoms with Gasteiger partial charge in [0, 0.05) is 0 Å². The Kier molecular flexibility index (Phi) is 2.78. The molecule has 1 aliphatic rings. The van der Waals surface area contributed by atoms with Crippen LogP contribution in [0.25, 0.3) is 0 Å². The highest BCUT2D eigenvalue weighted by molar-refractivity contribution is 7.99. The second-order valence-electron chi connectivity index (χ2n) is 2.75. The highest BCUT2D eigenvalue weighted by Gasteiger charge is 2.46. The van der Waals surface area contributed by atoms with Crippen LogP contribution in [0.4, 0.5) is 0 Å². The van der Waals surface area contributed by atoms with Gasteiger partial charge in [0.2, 0.25) is 0 Å². The van der Waals surface area contributed by atoms with Crippen molar-refractivity contribution >= 4 is 17.7 Å². The summed E-state index contributed by atoms with van der Waals surface area (Å²) < 4.78 is 5.03. The van der Waals surface area contributed by atoms with Gasteiger partial charge in [-0.05, 0) is 19.1 Å². The van der Waals surface area contributed by atoms with E-state index >= 15 is 0 Å². The van der Waals surface area contributed by atoms with Crippen molar-refractivity contribution in [2.24, 2.45) is 0 Å². The Labute approximate surface area is 70.1 Å². The highest BCUT2D eigenvalue weighted by Crippen LogP contribution is 2.38. The molecule has 0 saturated heterocycles. The Balaban J connectivity index is 2.24. The summed E-state index contributed by atoms with van der Waals surface area (Å²) in [6.45, 7) is -0.0346. The van der Waals surface area contributed by atoms with Gasteiger partial charge in [-0.15, -0.1) is 0 Å². The molecular formula is C7H12O3S. The molecule has 1 N–H and O–H groups in total. The molecule has 1 aliphatic carbocycles. The summed E-state index contributed by atoms with van der Waals surface area (Å²) in [5.41, 5.74) is -0.493. The number of esters is 1. The molecule has 1 fully saturated rings. The number of rotatable bonds is 4. The van der Waals surface area contributed by atoms with Gasteiger partial charge in [-0.25, -0.2) is 0 Å². The predicted octanol–water partition coefficient (Wildman–Crippen LogP) is 0.418. The fourth-order valence-corrected chi connectivity index (χ4v) is 1.12. The maximum atomic E-state index is 10.9.